The summed E-state index contributed by atoms with van der Waals surface area (Å²) in [5, 5.41) is 0. The third kappa shape index (κ3) is 25.9. The van der Waals surface area contributed by atoms with E-state index in [1.165, 1.54) is 18.4 Å². The highest BCUT2D eigenvalue weighted by Crippen LogP contribution is 1.96. The van der Waals surface area contributed by atoms with Crippen LogP contribution in [-0.4, -0.2) is 13.2 Å². The number of hydrogen-bond acceptors (Lipinski definition) is 1. The van der Waals surface area contributed by atoms with E-state index in [9.17, 15) is 0 Å². The Morgan fingerprint density at radius 1 is 0.750 bits per heavy atom. The topological polar surface area (TPSA) is 9.23 Å². The molecule has 1 aromatic rings. The highest BCUT2D eigenvalue weighted by molar-refractivity contribution is 5.13. The van der Waals surface area contributed by atoms with Crippen molar-refractivity contribution in [2.45, 2.75) is 74.1 Å². The van der Waals surface area contributed by atoms with Crippen molar-refractivity contribution in [1.29, 1.82) is 0 Å². The Balaban J connectivity index is -0.000000215. The van der Waals surface area contributed by atoms with Gasteiger partial charge in [0.25, 0.3) is 0 Å². The van der Waals surface area contributed by atoms with Crippen LogP contribution in [0.2, 0.25) is 0 Å². The predicted octanol–water partition coefficient (Wildman–Crippen LogP) is 6.51. The van der Waals surface area contributed by atoms with Crippen molar-refractivity contribution in [1.82, 2.24) is 0 Å². The Hall–Kier alpha value is -0.820. The fourth-order valence-corrected chi connectivity index (χ4v) is 1.00. The normalized spacial score (nSPS) is 8.15. The summed E-state index contributed by atoms with van der Waals surface area (Å²) < 4.78 is 4.98. The number of hydrogen-bond donors (Lipinski definition) is 0. The smallest absolute Gasteiger partial charge is 0.0463 e. The van der Waals surface area contributed by atoms with Crippen molar-refractivity contribution >= 4 is 0 Å². The van der Waals surface area contributed by atoms with E-state index in [0.29, 0.717) is 0 Å². The van der Waals surface area contributed by atoms with Gasteiger partial charge in [-0.2, -0.15) is 0 Å². The maximum absolute atomic E-state index is 4.98. The first-order valence-corrected chi connectivity index (χ1v) is 8.38. The van der Waals surface area contributed by atoms with Crippen LogP contribution in [0.5, 0.6) is 0 Å². The summed E-state index contributed by atoms with van der Waals surface area (Å²) in [7, 11) is 0. The molecule has 120 valence electrons. The number of aryl methyl sites for hydroxylation is 1. The quantitative estimate of drug-likeness (QED) is 0.559. The van der Waals surface area contributed by atoms with Crippen LogP contribution < -0.4 is 0 Å². The molecule has 0 N–H and O–H groups in total. The summed E-state index contributed by atoms with van der Waals surface area (Å²) in [5.41, 5.74) is 1.41. The molecule has 0 radical (unpaired) electrons. The molecule has 1 nitrogen and oxygen atoms in total. The molecule has 1 aromatic carbocycles. The van der Waals surface area contributed by atoms with Crippen LogP contribution in [0.1, 0.15) is 73.3 Å². The fraction of sp³-hybridized carbons (Fsp3) is 0.684. The van der Waals surface area contributed by atoms with E-state index in [-0.39, 0.29) is 0 Å². The summed E-state index contributed by atoms with van der Waals surface area (Å²) >= 11 is 0. The molecule has 1 rings (SSSR count). The van der Waals surface area contributed by atoms with Crippen molar-refractivity contribution < 1.29 is 4.74 Å². The molecule has 0 saturated carbocycles. The second kappa shape index (κ2) is 26.7. The molecule has 0 amide bonds. The zero-order chi connectivity index (χ0) is 16.1. The average molecular weight is 283 g/mol. The Morgan fingerprint density at radius 3 is 1.45 bits per heavy atom. The Kier molecular flexibility index (Phi) is 32.3. The Labute approximate surface area is 128 Å². The second-order valence-electron chi connectivity index (χ2n) is 4.04. The van der Waals surface area contributed by atoms with E-state index in [2.05, 4.69) is 52.0 Å². The van der Waals surface area contributed by atoms with E-state index < -0.39 is 0 Å². The molecule has 0 spiro atoms. The standard InChI is InChI=1S/C8H10.C5H12O.C4H10.C2H6/c1-2-8-6-4-3-5-7-8;1-3-5-6-4-2;1-3-4-2;1-2/h3-7H,2H2,1H3;3-5H2,1-2H3;3-4H2,1-2H3;1-2H3. The zero-order valence-electron chi connectivity index (χ0n) is 15.0. The van der Waals surface area contributed by atoms with Crippen molar-refractivity contribution in [2.75, 3.05) is 13.2 Å². The van der Waals surface area contributed by atoms with Gasteiger partial charge in [0, 0.05) is 13.2 Å². The van der Waals surface area contributed by atoms with Crippen LogP contribution in [0.25, 0.3) is 0 Å². The molecule has 1 heteroatoms. The number of unbranched alkanes of at least 4 members (excludes halogenated alkanes) is 1. The van der Waals surface area contributed by atoms with Crippen LogP contribution in [0, 0.1) is 0 Å². The van der Waals surface area contributed by atoms with Crippen LogP contribution >= 0.6 is 0 Å². The molecule has 0 unspecified atom stereocenters. The number of rotatable bonds is 5. The molecule has 0 heterocycles. The molecule has 0 aromatic heterocycles. The van der Waals surface area contributed by atoms with Crippen LogP contribution in [0.4, 0.5) is 0 Å². The van der Waals surface area contributed by atoms with E-state index in [4.69, 9.17) is 4.74 Å². The Morgan fingerprint density at radius 2 is 1.25 bits per heavy atom. The lowest BCUT2D eigenvalue weighted by Crippen LogP contribution is -1.88. The van der Waals surface area contributed by atoms with E-state index in [0.717, 1.165) is 26.1 Å². The molecular weight excluding hydrogens is 244 g/mol. The average Bonchev–Trinajstić information content (AvgIpc) is 2.56. The number of benzene rings is 1. The highest BCUT2D eigenvalue weighted by Gasteiger charge is 1.80. The fourth-order valence-electron chi connectivity index (χ4n) is 1.00. The van der Waals surface area contributed by atoms with Crippen molar-refractivity contribution in [3.8, 4) is 0 Å². The minimum Gasteiger partial charge on any atom is -0.382 e. The minimum atomic E-state index is 0.855. The van der Waals surface area contributed by atoms with E-state index in [1.54, 1.807) is 0 Å². The van der Waals surface area contributed by atoms with Gasteiger partial charge in [0.2, 0.25) is 0 Å². The lowest BCUT2D eigenvalue weighted by molar-refractivity contribution is 0.148. The minimum absolute atomic E-state index is 0.855. The summed E-state index contributed by atoms with van der Waals surface area (Å²) in [6.45, 7) is 16.4. The van der Waals surface area contributed by atoms with Gasteiger partial charge in [-0.15, -0.1) is 0 Å². The summed E-state index contributed by atoms with van der Waals surface area (Å²) in [6.07, 6.45) is 4.91. The van der Waals surface area contributed by atoms with Crippen molar-refractivity contribution in [3.63, 3.8) is 0 Å². The van der Waals surface area contributed by atoms with Gasteiger partial charge in [-0.1, -0.05) is 84.7 Å². The SMILES string of the molecule is CC.CCCC.CCCOCC.CCc1ccccc1. The third-order valence-electron chi connectivity index (χ3n) is 2.30. The summed E-state index contributed by atoms with van der Waals surface area (Å²) in [4.78, 5) is 0. The van der Waals surface area contributed by atoms with Crippen LogP contribution in [-0.2, 0) is 11.2 Å². The number of ether oxygens (including phenoxy) is 1. The highest BCUT2D eigenvalue weighted by atomic mass is 16.5. The van der Waals surface area contributed by atoms with Crippen molar-refractivity contribution in [2.24, 2.45) is 0 Å². The lowest BCUT2D eigenvalue weighted by Gasteiger charge is -1.91. The lowest BCUT2D eigenvalue weighted by atomic mass is 10.2. The maximum atomic E-state index is 4.98. The molecule has 0 bridgehead atoms. The van der Waals surface area contributed by atoms with Gasteiger partial charge in [-0.05, 0) is 25.3 Å². The van der Waals surface area contributed by atoms with Gasteiger partial charge in [-0.3, -0.25) is 0 Å². The first-order valence-electron chi connectivity index (χ1n) is 8.38. The largest absolute Gasteiger partial charge is 0.382 e. The van der Waals surface area contributed by atoms with Crippen LogP contribution in [0.15, 0.2) is 30.3 Å². The van der Waals surface area contributed by atoms with Gasteiger partial charge in [0.05, 0.1) is 0 Å². The summed E-state index contributed by atoms with van der Waals surface area (Å²) in [5.74, 6) is 0. The predicted molar refractivity (Wildman–Crippen MR) is 94.5 cm³/mol. The van der Waals surface area contributed by atoms with Gasteiger partial charge in [0.15, 0.2) is 0 Å². The first kappa shape index (κ1) is 24.2. The molecule has 0 aliphatic heterocycles. The molecule has 0 fully saturated rings. The summed E-state index contributed by atoms with van der Waals surface area (Å²) in [6, 6.07) is 10.5. The first-order chi connectivity index (χ1) is 9.76. The Bertz CT molecular complexity index is 212. The maximum Gasteiger partial charge on any atom is 0.0463 e. The van der Waals surface area contributed by atoms with Gasteiger partial charge in [-0.25, -0.2) is 0 Å². The molecule has 20 heavy (non-hydrogen) atoms. The van der Waals surface area contributed by atoms with Gasteiger partial charge < -0.3 is 4.74 Å². The third-order valence-corrected chi connectivity index (χ3v) is 2.30. The second-order valence-corrected chi connectivity index (χ2v) is 4.04. The van der Waals surface area contributed by atoms with Gasteiger partial charge >= 0.3 is 0 Å². The van der Waals surface area contributed by atoms with E-state index in [1.807, 2.05) is 26.8 Å². The van der Waals surface area contributed by atoms with Crippen LogP contribution in [0.3, 0.4) is 0 Å². The monoisotopic (exact) mass is 282 g/mol. The molecule has 0 aliphatic rings. The zero-order valence-corrected chi connectivity index (χ0v) is 15.0. The molecule has 0 saturated heterocycles. The molecular formula is C19H38O. The molecule has 0 atom stereocenters. The van der Waals surface area contributed by atoms with E-state index >= 15 is 0 Å². The van der Waals surface area contributed by atoms with Crippen molar-refractivity contribution in [3.05, 3.63) is 35.9 Å². The van der Waals surface area contributed by atoms with Gasteiger partial charge in [0.1, 0.15) is 0 Å². The molecule has 0 aliphatic carbocycles.